The molecule has 3 aromatic carbocycles. The van der Waals surface area contributed by atoms with Crippen molar-refractivity contribution in [1.29, 1.82) is 0 Å². The number of halogens is 2. The Morgan fingerprint density at radius 3 is 2.33 bits per heavy atom. The maximum Gasteiger partial charge on any atom is 0.262 e. The van der Waals surface area contributed by atoms with E-state index in [9.17, 15) is 19.2 Å². The minimum Gasteiger partial charge on any atom is -0.353 e. The Morgan fingerprint density at radius 2 is 1.62 bits per heavy atom. The van der Waals surface area contributed by atoms with Gasteiger partial charge < -0.3 is 4.90 Å². The molecule has 0 saturated carbocycles. The van der Waals surface area contributed by atoms with Gasteiger partial charge in [-0.05, 0) is 72.6 Å². The lowest BCUT2D eigenvalue weighted by atomic mass is 9.80. The van der Waals surface area contributed by atoms with Crippen molar-refractivity contribution in [2.45, 2.75) is 50.4 Å². The molecular weight excluding hydrogens is 559 g/mol. The molecule has 214 valence electrons. The molecule has 2 bridgehead atoms. The van der Waals surface area contributed by atoms with Crippen molar-refractivity contribution < 1.29 is 23.6 Å². The van der Waals surface area contributed by atoms with Crippen molar-refractivity contribution in [3.8, 4) is 11.1 Å². The van der Waals surface area contributed by atoms with Crippen LogP contribution in [0, 0.1) is 11.7 Å². The number of hydrogen-bond donors (Lipinski definition) is 2. The summed E-state index contributed by atoms with van der Waals surface area (Å²) in [5, 5.41) is 6.59. The van der Waals surface area contributed by atoms with Gasteiger partial charge in [-0.1, -0.05) is 48.0 Å². The van der Waals surface area contributed by atoms with Gasteiger partial charge in [-0.2, -0.15) is 0 Å². The number of nitrogens with one attached hydrogen (secondary N) is 2. The summed E-state index contributed by atoms with van der Waals surface area (Å²) in [6.07, 6.45) is 2.58. The van der Waals surface area contributed by atoms with Crippen LogP contribution in [0.25, 0.3) is 11.1 Å². The fourth-order valence-electron chi connectivity index (χ4n) is 6.92. The smallest absolute Gasteiger partial charge is 0.262 e. The van der Waals surface area contributed by atoms with Crippen molar-refractivity contribution in [1.82, 2.24) is 15.5 Å². The summed E-state index contributed by atoms with van der Waals surface area (Å²) >= 11 is 6.11. The molecule has 4 unspecified atom stereocenters. The van der Waals surface area contributed by atoms with Crippen molar-refractivity contribution in [2.75, 3.05) is 11.4 Å². The molecule has 10 heteroatoms. The zero-order chi connectivity index (χ0) is 29.1. The number of hydrogen-bond acceptors (Lipinski definition) is 6. The van der Waals surface area contributed by atoms with E-state index < -0.39 is 35.5 Å². The van der Waals surface area contributed by atoms with Gasteiger partial charge in [-0.15, -0.1) is 0 Å². The largest absolute Gasteiger partial charge is 0.353 e. The standard InChI is InChI=1S/C32H28ClFN4O4/c33-20-8-5-17(6-9-20)21-4-2-1-3-18(21)13-25-19-7-11-28(35-25)37(16-19)27-15-23-22(14-24(27)34)31(41)38(32(23)42)26-10-12-29(39)36-30(26)40/h1-6,8-9,14-15,19,25-26,28,35H,7,10-13,16H2,(H,36,39,40). The third-order valence-corrected chi connectivity index (χ3v) is 9.27. The van der Waals surface area contributed by atoms with Gasteiger partial charge in [0.15, 0.2) is 0 Å². The quantitative estimate of drug-likeness (QED) is 0.433. The van der Waals surface area contributed by atoms with E-state index in [0.29, 0.717) is 11.6 Å². The summed E-state index contributed by atoms with van der Waals surface area (Å²) in [4.78, 5) is 53.2. The van der Waals surface area contributed by atoms with E-state index in [4.69, 9.17) is 11.6 Å². The summed E-state index contributed by atoms with van der Waals surface area (Å²) in [6.45, 7) is 0.611. The van der Waals surface area contributed by atoms with Gasteiger partial charge in [0, 0.05) is 24.0 Å². The molecule has 5 aliphatic rings. The molecule has 8 rings (SSSR count). The fraction of sp³-hybridized carbons (Fsp3) is 0.312. The normalized spacial score (nSPS) is 25.2. The van der Waals surface area contributed by atoms with E-state index in [1.165, 1.54) is 11.6 Å². The van der Waals surface area contributed by atoms with Crippen molar-refractivity contribution in [3.63, 3.8) is 0 Å². The van der Waals surface area contributed by atoms with Crippen LogP contribution in [-0.2, 0) is 16.0 Å². The Bertz CT molecular complexity index is 1640. The minimum absolute atomic E-state index is 0.0251. The van der Waals surface area contributed by atoms with E-state index in [0.717, 1.165) is 41.4 Å². The highest BCUT2D eigenvalue weighted by Gasteiger charge is 2.46. The van der Waals surface area contributed by atoms with Gasteiger partial charge in [0.05, 0.1) is 23.0 Å². The molecular formula is C32H28ClFN4O4. The van der Waals surface area contributed by atoms with E-state index >= 15 is 4.39 Å². The average Bonchev–Trinajstić information content (AvgIpc) is 3.22. The summed E-state index contributed by atoms with van der Waals surface area (Å²) in [5.74, 6) is -2.83. The molecule has 0 radical (unpaired) electrons. The van der Waals surface area contributed by atoms with Crippen LogP contribution in [0.5, 0.6) is 0 Å². The second-order valence-electron chi connectivity index (χ2n) is 11.4. The Balaban J connectivity index is 1.12. The summed E-state index contributed by atoms with van der Waals surface area (Å²) in [5.41, 5.74) is 3.76. The second-order valence-corrected chi connectivity index (χ2v) is 11.9. The Kier molecular flexibility index (Phi) is 6.59. The maximum atomic E-state index is 15.6. The number of imide groups is 2. The number of rotatable bonds is 5. The van der Waals surface area contributed by atoms with E-state index in [1.54, 1.807) is 0 Å². The number of benzene rings is 3. The van der Waals surface area contributed by atoms with Gasteiger partial charge in [0.25, 0.3) is 11.8 Å². The van der Waals surface area contributed by atoms with Crippen molar-refractivity contribution in [2.24, 2.45) is 5.92 Å². The lowest BCUT2D eigenvalue weighted by molar-refractivity contribution is -0.136. The molecule has 5 heterocycles. The lowest BCUT2D eigenvalue weighted by Gasteiger charge is -2.51. The number of anilines is 1. The molecule has 0 aromatic heterocycles. The van der Waals surface area contributed by atoms with Crippen molar-refractivity contribution >= 4 is 40.9 Å². The third-order valence-electron chi connectivity index (χ3n) is 9.02. The molecule has 0 aliphatic carbocycles. The number of amides is 4. The third kappa shape index (κ3) is 4.48. The minimum atomic E-state index is -1.09. The summed E-state index contributed by atoms with van der Waals surface area (Å²) < 4.78 is 15.6. The average molecular weight is 587 g/mol. The molecule has 4 atom stereocenters. The Labute approximate surface area is 246 Å². The highest BCUT2D eigenvalue weighted by Crippen LogP contribution is 2.39. The number of nitrogens with zero attached hydrogens (tertiary/aromatic N) is 2. The zero-order valence-electron chi connectivity index (χ0n) is 22.6. The Hall–Kier alpha value is -4.08. The molecule has 4 saturated heterocycles. The van der Waals surface area contributed by atoms with Gasteiger partial charge in [-0.25, -0.2) is 4.39 Å². The molecule has 8 nitrogen and oxygen atoms in total. The highest BCUT2D eigenvalue weighted by molar-refractivity contribution is 6.30. The van der Waals surface area contributed by atoms with Gasteiger partial charge in [0.1, 0.15) is 11.9 Å². The predicted octanol–water partition coefficient (Wildman–Crippen LogP) is 4.30. The molecule has 5 aliphatic heterocycles. The fourth-order valence-corrected chi connectivity index (χ4v) is 7.05. The van der Waals surface area contributed by atoms with Crippen LogP contribution in [0.4, 0.5) is 10.1 Å². The zero-order valence-corrected chi connectivity index (χ0v) is 23.4. The first kappa shape index (κ1) is 26.8. The topological polar surface area (TPSA) is 98.8 Å². The van der Waals surface area contributed by atoms with E-state index in [2.05, 4.69) is 22.8 Å². The Morgan fingerprint density at radius 1 is 0.881 bits per heavy atom. The molecule has 4 fully saturated rings. The van der Waals surface area contributed by atoms with Crippen LogP contribution in [0.3, 0.4) is 0 Å². The first-order valence-electron chi connectivity index (χ1n) is 14.2. The predicted molar refractivity (Wildman–Crippen MR) is 154 cm³/mol. The van der Waals surface area contributed by atoms with Crippen LogP contribution < -0.4 is 15.5 Å². The second kappa shape index (κ2) is 10.3. The van der Waals surface area contributed by atoms with Crippen LogP contribution in [0.15, 0.2) is 60.7 Å². The van der Waals surface area contributed by atoms with Crippen LogP contribution >= 0.6 is 11.6 Å². The monoisotopic (exact) mass is 586 g/mol. The van der Waals surface area contributed by atoms with Crippen LogP contribution in [0.1, 0.15) is 52.0 Å². The van der Waals surface area contributed by atoms with Crippen LogP contribution in [0.2, 0.25) is 5.02 Å². The first-order valence-corrected chi connectivity index (χ1v) is 14.6. The molecule has 42 heavy (non-hydrogen) atoms. The van der Waals surface area contributed by atoms with E-state index in [-0.39, 0.29) is 47.8 Å². The van der Waals surface area contributed by atoms with Gasteiger partial charge in [0.2, 0.25) is 11.8 Å². The number of carbonyl (C=O) groups excluding carboxylic acids is 4. The number of carbonyl (C=O) groups is 4. The number of fused-ring (bicyclic) bond motifs is 4. The maximum absolute atomic E-state index is 15.6. The first-order chi connectivity index (χ1) is 20.3. The molecule has 3 aromatic rings. The van der Waals surface area contributed by atoms with Crippen molar-refractivity contribution in [3.05, 3.63) is 88.2 Å². The summed E-state index contributed by atoms with van der Waals surface area (Å²) in [6, 6.07) is 17.8. The van der Waals surface area contributed by atoms with E-state index in [1.807, 2.05) is 41.3 Å². The van der Waals surface area contributed by atoms with Gasteiger partial charge >= 0.3 is 0 Å². The summed E-state index contributed by atoms with van der Waals surface area (Å²) in [7, 11) is 0. The van der Waals surface area contributed by atoms with Gasteiger partial charge in [-0.3, -0.25) is 34.7 Å². The number of piperidine rings is 3. The highest BCUT2D eigenvalue weighted by atomic mass is 35.5. The molecule has 2 N–H and O–H groups in total. The SMILES string of the molecule is O=C1CCC(N2C(=O)c3cc(F)c(N4CC5CCC4NC5Cc4ccccc4-c4ccc(Cl)cc4)cc3C2=O)C(=O)N1. The molecule has 0 spiro atoms. The lowest BCUT2D eigenvalue weighted by Crippen LogP contribution is -2.65. The molecule has 4 amide bonds. The van der Waals surface area contributed by atoms with Crippen LogP contribution in [-0.4, -0.2) is 53.3 Å².